The fourth-order valence-corrected chi connectivity index (χ4v) is 6.02. The first kappa shape index (κ1) is 43.9. The third-order valence-electron chi connectivity index (χ3n) is 8.81. The van der Waals surface area contributed by atoms with Gasteiger partial charge in [-0.1, -0.05) is 102 Å². The lowest BCUT2D eigenvalue weighted by Crippen LogP contribution is -2.60. The Balaban J connectivity index is 1.97. The number of carbonyl (C=O) groups is 6. The van der Waals surface area contributed by atoms with Crippen LogP contribution in [-0.2, 0) is 41.6 Å². The molecule has 0 saturated carbocycles. The second-order valence-electron chi connectivity index (χ2n) is 14.8. The highest BCUT2D eigenvalue weighted by molar-refractivity contribution is 6.01. The zero-order valence-corrected chi connectivity index (χ0v) is 32.7. The maximum Gasteiger partial charge on any atom is 0.374 e. The van der Waals surface area contributed by atoms with Gasteiger partial charge in [0.2, 0.25) is 29.4 Å². The molecule has 55 heavy (non-hydrogen) atoms. The molecule has 0 bridgehead atoms. The number of amides is 5. The molecule has 5 atom stereocenters. The van der Waals surface area contributed by atoms with Crippen LogP contribution in [0, 0.1) is 23.7 Å². The molecule has 6 N–H and O–H groups in total. The molecule has 0 fully saturated rings. The Kier molecular flexibility index (Phi) is 17.1. The van der Waals surface area contributed by atoms with E-state index in [-0.39, 0.29) is 49.4 Å². The van der Waals surface area contributed by atoms with Gasteiger partial charge in [0.1, 0.15) is 24.1 Å². The summed E-state index contributed by atoms with van der Waals surface area (Å²) >= 11 is 0. The van der Waals surface area contributed by atoms with E-state index in [1.807, 2.05) is 50.2 Å². The predicted octanol–water partition coefficient (Wildman–Crippen LogP) is 3.17. The number of primary amides is 1. The van der Waals surface area contributed by atoms with Crippen LogP contribution in [0.3, 0.4) is 0 Å². The Morgan fingerprint density at radius 2 is 1.25 bits per heavy atom. The van der Waals surface area contributed by atoms with Gasteiger partial charge in [-0.25, -0.2) is 9.80 Å². The summed E-state index contributed by atoms with van der Waals surface area (Å²) in [5.41, 5.74) is 10.1. The highest BCUT2D eigenvalue weighted by Gasteiger charge is 2.36. The molecule has 14 heteroatoms. The van der Waals surface area contributed by atoms with Crippen molar-refractivity contribution < 1.29 is 37.9 Å². The van der Waals surface area contributed by atoms with E-state index in [4.69, 9.17) is 14.9 Å². The summed E-state index contributed by atoms with van der Waals surface area (Å²) in [6, 6.07) is 18.5. The number of rotatable bonds is 21. The monoisotopic (exact) mass is 760 g/mol. The van der Waals surface area contributed by atoms with Gasteiger partial charge in [-0.05, 0) is 53.9 Å². The number of hydrogen-bond donors (Lipinski definition) is 5. The molecule has 0 unspecified atom stereocenters. The van der Waals surface area contributed by atoms with Crippen LogP contribution in [0.15, 0.2) is 83.5 Å². The summed E-state index contributed by atoms with van der Waals surface area (Å²) in [5, 5.41) is 10.0. The maximum absolute atomic E-state index is 14.0. The Bertz CT molecular complexity index is 1700. The van der Waals surface area contributed by atoms with Crippen LogP contribution >= 0.6 is 0 Å². The van der Waals surface area contributed by atoms with Gasteiger partial charge in [0, 0.05) is 13.5 Å². The molecule has 2 aromatic carbocycles. The molecule has 3 rings (SSSR count). The van der Waals surface area contributed by atoms with Crippen molar-refractivity contribution in [2.24, 2.45) is 29.4 Å². The molecule has 5 amide bonds. The number of furan rings is 1. The molecular formula is C41H56N6O8. The Morgan fingerprint density at radius 1 is 0.691 bits per heavy atom. The summed E-state index contributed by atoms with van der Waals surface area (Å²) in [6.07, 6.45) is 0.537. The van der Waals surface area contributed by atoms with Crippen molar-refractivity contribution in [3.63, 3.8) is 0 Å². The van der Waals surface area contributed by atoms with E-state index in [0.717, 1.165) is 11.1 Å². The smallest absolute Gasteiger partial charge is 0.374 e. The Labute approximate surface area is 323 Å². The number of benzene rings is 2. The normalized spacial score (nSPS) is 14.1. The molecule has 0 aliphatic carbocycles. The molecule has 0 radical (unpaired) electrons. The standard InChI is InChI=1S/C41H56N6O8/c1-25(2)23-47(46-40(52)36(27(5)6)45-38(50)31(37(42)49)21-29-15-10-8-11-16-29)24-34(55-41(53)33-19-14-20-54-33)32(22-30-17-12-9-13-18-30)44-39(51)35(26(3)4)43-28(7)48/h8-20,25-27,31-32,34-36H,21-24H2,1-7H3,(H2,42,49)(H,43,48)(H,44,51)(H,45,50)(H,46,52)/t31-,32+,34+,35+,36+/m1/s1. The molecule has 0 aliphatic rings. The van der Waals surface area contributed by atoms with Crippen molar-refractivity contribution in [1.82, 2.24) is 26.4 Å². The second-order valence-corrected chi connectivity index (χ2v) is 14.8. The fourth-order valence-electron chi connectivity index (χ4n) is 6.02. The average molecular weight is 761 g/mol. The van der Waals surface area contributed by atoms with Gasteiger partial charge in [-0.15, -0.1) is 0 Å². The third kappa shape index (κ3) is 14.3. The van der Waals surface area contributed by atoms with Crippen LogP contribution in [0.1, 0.15) is 70.1 Å². The van der Waals surface area contributed by atoms with Crippen LogP contribution in [-0.4, -0.2) is 77.8 Å². The van der Waals surface area contributed by atoms with E-state index >= 15 is 0 Å². The van der Waals surface area contributed by atoms with Gasteiger partial charge >= 0.3 is 5.97 Å². The minimum absolute atomic E-state index is 0.00816. The maximum atomic E-state index is 14.0. The average Bonchev–Trinajstić information content (AvgIpc) is 3.67. The Hall–Kier alpha value is -5.50. The van der Waals surface area contributed by atoms with Crippen molar-refractivity contribution in [3.05, 3.63) is 95.9 Å². The number of nitrogens with two attached hydrogens (primary N) is 1. The summed E-state index contributed by atoms with van der Waals surface area (Å²) in [7, 11) is 0. The zero-order chi connectivity index (χ0) is 40.7. The lowest BCUT2D eigenvalue weighted by molar-refractivity contribution is -0.139. The first-order chi connectivity index (χ1) is 26.0. The van der Waals surface area contributed by atoms with E-state index < -0.39 is 65.7 Å². The summed E-state index contributed by atoms with van der Waals surface area (Å²) in [4.78, 5) is 79.3. The second kappa shape index (κ2) is 21.4. The van der Waals surface area contributed by atoms with Crippen LogP contribution in [0.25, 0.3) is 0 Å². The van der Waals surface area contributed by atoms with E-state index in [2.05, 4.69) is 21.4 Å². The number of ether oxygens (including phenoxy) is 1. The first-order valence-corrected chi connectivity index (χ1v) is 18.6. The number of nitrogens with zero attached hydrogens (tertiary/aromatic N) is 1. The SMILES string of the molecule is CC(=O)N[C@H](C(=O)N[C@@H](Cc1ccccc1)[C@H](CN(CC(C)C)NC(=O)[C@@H](NC(=O)[C@H](Cc1ccccc1)C(N)=O)C(C)C)OC(=O)c1ccco1)C(C)C. The Morgan fingerprint density at radius 3 is 1.75 bits per heavy atom. The van der Waals surface area contributed by atoms with E-state index in [0.29, 0.717) is 0 Å². The molecule has 14 nitrogen and oxygen atoms in total. The minimum Gasteiger partial charge on any atom is -0.457 e. The molecule has 0 aliphatic heterocycles. The van der Waals surface area contributed by atoms with Gasteiger partial charge in [0.15, 0.2) is 0 Å². The number of carbonyl (C=O) groups excluding carboxylic acids is 6. The van der Waals surface area contributed by atoms with Crippen LogP contribution < -0.4 is 27.1 Å². The molecular weight excluding hydrogens is 704 g/mol. The van der Waals surface area contributed by atoms with Crippen molar-refractivity contribution in [2.75, 3.05) is 13.1 Å². The number of nitrogens with one attached hydrogen (secondary N) is 4. The molecule has 3 aromatic rings. The molecule has 1 heterocycles. The summed E-state index contributed by atoms with van der Waals surface area (Å²) in [5.74, 6) is -5.70. The van der Waals surface area contributed by atoms with Crippen LogP contribution in [0.4, 0.5) is 0 Å². The topological polar surface area (TPSA) is 202 Å². The highest BCUT2D eigenvalue weighted by atomic mass is 16.6. The van der Waals surface area contributed by atoms with E-state index in [9.17, 15) is 28.8 Å². The number of hydrogen-bond acceptors (Lipinski definition) is 9. The van der Waals surface area contributed by atoms with Gasteiger partial charge < -0.3 is 30.8 Å². The third-order valence-corrected chi connectivity index (χ3v) is 8.81. The van der Waals surface area contributed by atoms with Gasteiger partial charge in [0.25, 0.3) is 5.91 Å². The quantitative estimate of drug-likeness (QED) is 0.0614. The summed E-state index contributed by atoms with van der Waals surface area (Å²) in [6.45, 7) is 12.5. The number of esters is 1. The zero-order valence-electron chi connectivity index (χ0n) is 32.7. The van der Waals surface area contributed by atoms with Gasteiger partial charge in [-0.2, -0.15) is 0 Å². The van der Waals surface area contributed by atoms with Crippen molar-refractivity contribution in [3.8, 4) is 0 Å². The highest BCUT2D eigenvalue weighted by Crippen LogP contribution is 2.17. The predicted molar refractivity (Wildman–Crippen MR) is 207 cm³/mol. The first-order valence-electron chi connectivity index (χ1n) is 18.6. The van der Waals surface area contributed by atoms with Crippen LogP contribution in [0.5, 0.6) is 0 Å². The van der Waals surface area contributed by atoms with Gasteiger partial charge in [-0.3, -0.25) is 29.4 Å². The van der Waals surface area contributed by atoms with E-state index in [1.165, 1.54) is 19.3 Å². The van der Waals surface area contributed by atoms with E-state index in [1.54, 1.807) is 63.0 Å². The lowest BCUT2D eigenvalue weighted by atomic mass is 9.96. The molecule has 0 saturated heterocycles. The molecule has 1 aromatic heterocycles. The van der Waals surface area contributed by atoms with Gasteiger partial charge in [0.05, 0.1) is 18.8 Å². The van der Waals surface area contributed by atoms with Crippen molar-refractivity contribution in [1.29, 1.82) is 0 Å². The molecule has 298 valence electrons. The number of hydrazine groups is 1. The van der Waals surface area contributed by atoms with Crippen molar-refractivity contribution in [2.45, 2.75) is 85.5 Å². The lowest BCUT2D eigenvalue weighted by Gasteiger charge is -2.35. The largest absolute Gasteiger partial charge is 0.457 e. The fraction of sp³-hybridized carbons (Fsp3) is 0.463. The minimum atomic E-state index is -1.22. The van der Waals surface area contributed by atoms with Crippen LogP contribution in [0.2, 0.25) is 0 Å². The van der Waals surface area contributed by atoms with Crippen molar-refractivity contribution >= 4 is 35.5 Å². The molecule has 0 spiro atoms. The summed E-state index contributed by atoms with van der Waals surface area (Å²) < 4.78 is 11.4.